The molecule has 0 aliphatic carbocycles. The zero-order chi connectivity index (χ0) is 11.1. The highest BCUT2D eigenvalue weighted by atomic mass is 35.5. The molecule has 1 amide bonds. The first-order chi connectivity index (χ1) is 7.75. The maximum Gasteiger partial charge on any atom is 0.278 e. The molecule has 0 saturated carbocycles. The molecule has 1 N–H and O–H groups in total. The summed E-state index contributed by atoms with van der Waals surface area (Å²) in [7, 11) is 0. The first kappa shape index (κ1) is 9.42. The lowest BCUT2D eigenvalue weighted by atomic mass is 10.1. The maximum atomic E-state index is 12.1. The Morgan fingerprint density at radius 2 is 2.19 bits per heavy atom. The number of nitrogens with one attached hydrogen (secondary N) is 1. The molecule has 0 fully saturated rings. The number of fused-ring (bicyclic) bond motifs is 2. The fourth-order valence-electron chi connectivity index (χ4n) is 1.81. The number of hydrogen-bond donors (Lipinski definition) is 1. The average molecular weight is 234 g/mol. The van der Waals surface area contributed by atoms with Crippen molar-refractivity contribution in [2.75, 3.05) is 5.32 Å². The maximum absolute atomic E-state index is 12.1. The lowest BCUT2D eigenvalue weighted by Gasteiger charge is -2.34. The number of amides is 1. The Bertz CT molecular complexity index is 524. The number of benzene rings is 1. The second-order valence-corrected chi connectivity index (χ2v) is 3.95. The quantitative estimate of drug-likeness (QED) is 0.745. The molecule has 0 bridgehead atoms. The predicted octanol–water partition coefficient (Wildman–Crippen LogP) is 2.00. The molecule has 0 saturated heterocycles. The fourth-order valence-corrected chi connectivity index (χ4v) is 1.96. The fraction of sp³-hybridized carbons (Fsp3) is 0.0909. The predicted molar refractivity (Wildman–Crippen MR) is 62.5 cm³/mol. The normalized spacial score (nSPS) is 22.1. The van der Waals surface area contributed by atoms with Crippen LogP contribution in [-0.4, -0.2) is 22.3 Å². The summed E-state index contributed by atoms with van der Waals surface area (Å²) in [5, 5.41) is 8.87. The molecule has 0 unspecified atom stereocenters. The Kier molecular flexibility index (Phi) is 1.97. The van der Waals surface area contributed by atoms with Gasteiger partial charge in [0, 0.05) is 5.69 Å². The average Bonchev–Trinajstić information content (AvgIpc) is 2.31. The Morgan fingerprint density at radius 1 is 1.38 bits per heavy atom. The van der Waals surface area contributed by atoms with Crippen molar-refractivity contribution in [2.24, 2.45) is 5.10 Å². The second kappa shape index (κ2) is 3.35. The second-order valence-electron chi connectivity index (χ2n) is 3.57. The van der Waals surface area contributed by atoms with E-state index in [2.05, 4.69) is 10.4 Å². The monoisotopic (exact) mass is 233 g/mol. The SMILES string of the molecule is O=C1c2ccccc2N[C@H]2C=CC(Cl)=NN12. The largest absolute Gasteiger partial charge is 0.360 e. The van der Waals surface area contributed by atoms with Crippen molar-refractivity contribution >= 4 is 28.4 Å². The Morgan fingerprint density at radius 3 is 3.06 bits per heavy atom. The van der Waals surface area contributed by atoms with E-state index in [0.29, 0.717) is 10.7 Å². The van der Waals surface area contributed by atoms with Gasteiger partial charge in [-0.15, -0.1) is 0 Å². The number of rotatable bonds is 0. The van der Waals surface area contributed by atoms with Crippen LogP contribution in [-0.2, 0) is 0 Å². The number of halogens is 1. The molecule has 2 aliphatic heterocycles. The topological polar surface area (TPSA) is 44.7 Å². The number of anilines is 1. The third kappa shape index (κ3) is 1.31. The molecule has 4 nitrogen and oxygen atoms in total. The van der Waals surface area contributed by atoms with Crippen molar-refractivity contribution in [3.63, 3.8) is 0 Å². The van der Waals surface area contributed by atoms with Crippen molar-refractivity contribution in [3.05, 3.63) is 42.0 Å². The van der Waals surface area contributed by atoms with E-state index in [-0.39, 0.29) is 12.1 Å². The van der Waals surface area contributed by atoms with Gasteiger partial charge in [0.25, 0.3) is 5.91 Å². The first-order valence-electron chi connectivity index (χ1n) is 4.87. The molecule has 0 aromatic heterocycles. The van der Waals surface area contributed by atoms with Crippen LogP contribution in [0, 0.1) is 0 Å². The third-order valence-electron chi connectivity index (χ3n) is 2.55. The number of allylic oxidation sites excluding steroid dienone is 1. The van der Waals surface area contributed by atoms with Gasteiger partial charge in [0.15, 0.2) is 0 Å². The van der Waals surface area contributed by atoms with Gasteiger partial charge in [-0.3, -0.25) is 4.79 Å². The molecule has 2 aliphatic rings. The number of hydrogen-bond acceptors (Lipinski definition) is 3. The number of para-hydroxylation sites is 1. The van der Waals surface area contributed by atoms with E-state index in [1.54, 1.807) is 12.1 Å². The van der Waals surface area contributed by atoms with Gasteiger partial charge in [-0.2, -0.15) is 5.10 Å². The van der Waals surface area contributed by atoms with Crippen LogP contribution in [0.2, 0.25) is 0 Å². The molecule has 1 aromatic rings. The molecule has 80 valence electrons. The van der Waals surface area contributed by atoms with E-state index >= 15 is 0 Å². The van der Waals surface area contributed by atoms with Crippen molar-refractivity contribution in [1.29, 1.82) is 0 Å². The zero-order valence-corrected chi connectivity index (χ0v) is 8.98. The van der Waals surface area contributed by atoms with Crippen molar-refractivity contribution in [2.45, 2.75) is 6.17 Å². The van der Waals surface area contributed by atoms with E-state index in [9.17, 15) is 4.79 Å². The van der Waals surface area contributed by atoms with Crippen LogP contribution in [0.5, 0.6) is 0 Å². The number of carbonyl (C=O) groups excluding carboxylic acids is 1. The molecule has 3 rings (SSSR count). The van der Waals surface area contributed by atoms with Crippen LogP contribution >= 0.6 is 11.6 Å². The van der Waals surface area contributed by atoms with Gasteiger partial charge in [-0.1, -0.05) is 23.7 Å². The van der Waals surface area contributed by atoms with Crippen LogP contribution in [0.15, 0.2) is 41.5 Å². The summed E-state index contributed by atoms with van der Waals surface area (Å²) in [5.41, 5.74) is 1.44. The van der Waals surface area contributed by atoms with E-state index in [1.165, 1.54) is 5.01 Å². The van der Waals surface area contributed by atoms with E-state index < -0.39 is 0 Å². The standard InChI is InChI=1S/C11H8ClN3O/c12-9-5-6-10-13-8-4-2-1-3-7(8)11(16)15(10)14-9/h1-6,10,13H/t10-/m1/s1. The Hall–Kier alpha value is -1.81. The van der Waals surface area contributed by atoms with Crippen molar-refractivity contribution < 1.29 is 4.79 Å². The summed E-state index contributed by atoms with van der Waals surface area (Å²) in [6.07, 6.45) is 3.24. The van der Waals surface area contributed by atoms with Gasteiger partial charge >= 0.3 is 0 Å². The molecule has 2 heterocycles. The van der Waals surface area contributed by atoms with Crippen LogP contribution < -0.4 is 5.32 Å². The highest BCUT2D eigenvalue weighted by Gasteiger charge is 2.31. The van der Waals surface area contributed by atoms with Gasteiger partial charge < -0.3 is 5.32 Å². The molecule has 16 heavy (non-hydrogen) atoms. The van der Waals surface area contributed by atoms with Crippen LogP contribution in [0.25, 0.3) is 0 Å². The molecular formula is C11H8ClN3O. The van der Waals surface area contributed by atoms with E-state index in [0.717, 1.165) is 5.69 Å². The third-order valence-corrected chi connectivity index (χ3v) is 2.75. The molecule has 1 atom stereocenters. The minimum Gasteiger partial charge on any atom is -0.360 e. The Balaban J connectivity index is 2.09. The lowest BCUT2D eigenvalue weighted by Crippen LogP contribution is -2.46. The minimum absolute atomic E-state index is 0.137. The lowest BCUT2D eigenvalue weighted by molar-refractivity contribution is 0.0721. The van der Waals surface area contributed by atoms with Crippen molar-refractivity contribution in [3.8, 4) is 0 Å². The number of carbonyl (C=O) groups is 1. The van der Waals surface area contributed by atoms with E-state index in [1.807, 2.05) is 24.3 Å². The summed E-state index contributed by atoms with van der Waals surface area (Å²) >= 11 is 5.77. The molecule has 1 aromatic carbocycles. The summed E-state index contributed by atoms with van der Waals surface area (Å²) in [6, 6.07) is 7.35. The summed E-state index contributed by atoms with van der Waals surface area (Å²) < 4.78 is 0. The number of nitrogens with zero attached hydrogens (tertiary/aromatic N) is 2. The van der Waals surface area contributed by atoms with E-state index in [4.69, 9.17) is 11.6 Å². The molecular weight excluding hydrogens is 226 g/mol. The van der Waals surface area contributed by atoms with Crippen molar-refractivity contribution in [1.82, 2.24) is 5.01 Å². The number of hydrazone groups is 1. The van der Waals surface area contributed by atoms with Gasteiger partial charge in [0.2, 0.25) is 0 Å². The van der Waals surface area contributed by atoms with Gasteiger partial charge in [0.05, 0.1) is 5.56 Å². The molecule has 0 radical (unpaired) electrons. The Labute approximate surface area is 97.2 Å². The first-order valence-corrected chi connectivity index (χ1v) is 5.25. The smallest absolute Gasteiger partial charge is 0.278 e. The summed E-state index contributed by atoms with van der Waals surface area (Å²) in [6.45, 7) is 0. The summed E-state index contributed by atoms with van der Waals surface area (Å²) in [4.78, 5) is 12.1. The van der Waals surface area contributed by atoms with Crippen LogP contribution in [0.1, 0.15) is 10.4 Å². The molecule has 0 spiro atoms. The highest BCUT2D eigenvalue weighted by Crippen LogP contribution is 2.27. The van der Waals surface area contributed by atoms with Gasteiger partial charge in [0.1, 0.15) is 11.3 Å². The zero-order valence-electron chi connectivity index (χ0n) is 8.22. The molecule has 5 heteroatoms. The van der Waals surface area contributed by atoms with Gasteiger partial charge in [-0.25, -0.2) is 5.01 Å². The van der Waals surface area contributed by atoms with Gasteiger partial charge in [-0.05, 0) is 24.3 Å². The highest BCUT2D eigenvalue weighted by molar-refractivity contribution is 6.68. The summed E-state index contributed by atoms with van der Waals surface area (Å²) in [5.74, 6) is -0.137. The van der Waals surface area contributed by atoms with Crippen LogP contribution in [0.3, 0.4) is 0 Å². The minimum atomic E-state index is -0.245. The van der Waals surface area contributed by atoms with Crippen LogP contribution in [0.4, 0.5) is 5.69 Å².